The highest BCUT2D eigenvalue weighted by Gasteiger charge is 2.21. The third-order valence-corrected chi connectivity index (χ3v) is 3.49. The molecule has 0 aliphatic rings. The van der Waals surface area contributed by atoms with E-state index in [0.29, 0.717) is 18.4 Å². The van der Waals surface area contributed by atoms with Gasteiger partial charge in [0, 0.05) is 6.04 Å². The largest absolute Gasteiger partial charge is 0.330 e. The minimum Gasteiger partial charge on any atom is -0.330 e. The molecule has 0 saturated heterocycles. The molecule has 0 fully saturated rings. The van der Waals surface area contributed by atoms with Crippen LogP contribution in [0.4, 0.5) is 0 Å². The molecule has 1 aromatic rings. The lowest BCUT2D eigenvalue weighted by atomic mass is 9.85. The molecule has 0 saturated carbocycles. The van der Waals surface area contributed by atoms with Gasteiger partial charge in [-0.3, -0.25) is 0 Å². The molecule has 2 atom stereocenters. The van der Waals surface area contributed by atoms with Crippen molar-refractivity contribution in [2.24, 2.45) is 23.3 Å². The fourth-order valence-corrected chi connectivity index (χ4v) is 2.28. The highest BCUT2D eigenvalue weighted by Crippen LogP contribution is 2.25. The lowest BCUT2D eigenvalue weighted by Gasteiger charge is -2.26. The summed E-state index contributed by atoms with van der Waals surface area (Å²) < 4.78 is 0. The quantitative estimate of drug-likeness (QED) is 0.795. The molecule has 0 aliphatic carbocycles. The minimum absolute atomic E-state index is 0.0516. The van der Waals surface area contributed by atoms with E-state index >= 15 is 0 Å². The standard InChI is InChI=1S/C15H26N2/c1-4-5-12-6-8-13(9-7-12)15(17)14(10-16)11(2)3/h6-9,11,14-15H,4-5,10,16-17H2,1-3H3. The van der Waals surface area contributed by atoms with Crippen LogP contribution in [-0.4, -0.2) is 6.54 Å². The Morgan fingerprint density at radius 3 is 2.12 bits per heavy atom. The van der Waals surface area contributed by atoms with Gasteiger partial charge < -0.3 is 11.5 Å². The first kappa shape index (κ1) is 14.2. The van der Waals surface area contributed by atoms with Crippen molar-refractivity contribution in [2.75, 3.05) is 6.54 Å². The first-order valence-electron chi connectivity index (χ1n) is 6.64. The van der Waals surface area contributed by atoms with Crippen LogP contribution in [0.1, 0.15) is 44.4 Å². The van der Waals surface area contributed by atoms with Crippen LogP contribution >= 0.6 is 0 Å². The average Bonchev–Trinajstić information content (AvgIpc) is 2.30. The van der Waals surface area contributed by atoms with Crippen LogP contribution in [0.15, 0.2) is 24.3 Å². The fourth-order valence-electron chi connectivity index (χ4n) is 2.28. The summed E-state index contributed by atoms with van der Waals surface area (Å²) in [6.45, 7) is 7.21. The maximum absolute atomic E-state index is 6.29. The van der Waals surface area contributed by atoms with Crippen molar-refractivity contribution in [3.8, 4) is 0 Å². The van der Waals surface area contributed by atoms with Crippen molar-refractivity contribution in [3.05, 3.63) is 35.4 Å². The third-order valence-electron chi connectivity index (χ3n) is 3.49. The number of aryl methyl sites for hydroxylation is 1. The first-order chi connectivity index (χ1) is 8.10. The molecule has 0 spiro atoms. The summed E-state index contributed by atoms with van der Waals surface area (Å²) >= 11 is 0. The summed E-state index contributed by atoms with van der Waals surface area (Å²) in [6.07, 6.45) is 2.32. The third kappa shape index (κ3) is 3.83. The molecule has 0 heterocycles. The number of hydrogen-bond acceptors (Lipinski definition) is 2. The molecule has 0 radical (unpaired) electrons. The van der Waals surface area contributed by atoms with E-state index in [4.69, 9.17) is 11.5 Å². The van der Waals surface area contributed by atoms with Gasteiger partial charge in [-0.05, 0) is 35.9 Å². The summed E-state index contributed by atoms with van der Waals surface area (Å²) in [4.78, 5) is 0. The molecule has 96 valence electrons. The van der Waals surface area contributed by atoms with Crippen molar-refractivity contribution in [2.45, 2.75) is 39.7 Å². The molecule has 4 N–H and O–H groups in total. The highest BCUT2D eigenvalue weighted by atomic mass is 14.7. The van der Waals surface area contributed by atoms with E-state index in [2.05, 4.69) is 45.0 Å². The smallest absolute Gasteiger partial charge is 0.0338 e. The SMILES string of the molecule is CCCc1ccc(C(N)C(CN)C(C)C)cc1. The minimum atomic E-state index is 0.0516. The summed E-state index contributed by atoms with van der Waals surface area (Å²) in [6, 6.07) is 8.73. The monoisotopic (exact) mass is 234 g/mol. The van der Waals surface area contributed by atoms with Gasteiger partial charge >= 0.3 is 0 Å². The molecule has 0 amide bonds. The zero-order chi connectivity index (χ0) is 12.8. The molecule has 0 bridgehead atoms. The van der Waals surface area contributed by atoms with Crippen LogP contribution in [0.3, 0.4) is 0 Å². The Morgan fingerprint density at radius 1 is 1.12 bits per heavy atom. The van der Waals surface area contributed by atoms with Gasteiger partial charge in [-0.1, -0.05) is 51.5 Å². The van der Waals surface area contributed by atoms with E-state index in [-0.39, 0.29) is 6.04 Å². The molecular weight excluding hydrogens is 208 g/mol. The molecule has 0 aliphatic heterocycles. The second-order valence-electron chi connectivity index (χ2n) is 5.16. The Morgan fingerprint density at radius 2 is 1.71 bits per heavy atom. The molecule has 2 unspecified atom stereocenters. The summed E-state index contributed by atoms with van der Waals surface area (Å²) in [7, 11) is 0. The van der Waals surface area contributed by atoms with Gasteiger partial charge in [0.25, 0.3) is 0 Å². The highest BCUT2D eigenvalue weighted by molar-refractivity contribution is 5.25. The average molecular weight is 234 g/mol. The summed E-state index contributed by atoms with van der Waals surface area (Å²) in [5.41, 5.74) is 14.7. The maximum atomic E-state index is 6.29. The zero-order valence-electron chi connectivity index (χ0n) is 11.3. The van der Waals surface area contributed by atoms with Gasteiger partial charge in [0.2, 0.25) is 0 Å². The molecule has 1 aromatic carbocycles. The first-order valence-corrected chi connectivity index (χ1v) is 6.64. The van der Waals surface area contributed by atoms with Gasteiger partial charge in [-0.15, -0.1) is 0 Å². The topological polar surface area (TPSA) is 52.0 Å². The summed E-state index contributed by atoms with van der Waals surface area (Å²) in [5, 5.41) is 0. The summed E-state index contributed by atoms with van der Waals surface area (Å²) in [5.74, 6) is 0.873. The molecular formula is C15H26N2. The molecule has 17 heavy (non-hydrogen) atoms. The van der Waals surface area contributed by atoms with Gasteiger partial charge in [-0.25, -0.2) is 0 Å². The van der Waals surface area contributed by atoms with Crippen LogP contribution < -0.4 is 11.5 Å². The van der Waals surface area contributed by atoms with Gasteiger partial charge in [-0.2, -0.15) is 0 Å². The van der Waals surface area contributed by atoms with E-state index in [9.17, 15) is 0 Å². The van der Waals surface area contributed by atoms with Crippen molar-refractivity contribution >= 4 is 0 Å². The zero-order valence-corrected chi connectivity index (χ0v) is 11.3. The van der Waals surface area contributed by atoms with Crippen molar-refractivity contribution in [1.29, 1.82) is 0 Å². The Kier molecular flexibility index (Phi) is 5.66. The second-order valence-corrected chi connectivity index (χ2v) is 5.16. The van der Waals surface area contributed by atoms with Gasteiger partial charge in [0.1, 0.15) is 0 Å². The second kappa shape index (κ2) is 6.77. The van der Waals surface area contributed by atoms with E-state index in [1.807, 2.05) is 0 Å². The van der Waals surface area contributed by atoms with E-state index in [0.717, 1.165) is 6.42 Å². The van der Waals surface area contributed by atoms with Gasteiger partial charge in [0.15, 0.2) is 0 Å². The van der Waals surface area contributed by atoms with Crippen LogP contribution in [0.25, 0.3) is 0 Å². The predicted octanol–water partition coefficient (Wildman–Crippen LogP) is 2.87. The lowest BCUT2D eigenvalue weighted by molar-refractivity contribution is 0.331. The maximum Gasteiger partial charge on any atom is 0.0338 e. The van der Waals surface area contributed by atoms with Crippen molar-refractivity contribution in [1.82, 2.24) is 0 Å². The van der Waals surface area contributed by atoms with Crippen LogP contribution in [-0.2, 0) is 6.42 Å². The van der Waals surface area contributed by atoms with Gasteiger partial charge in [0.05, 0.1) is 0 Å². The molecule has 2 heteroatoms. The Bertz CT molecular complexity index is 316. The van der Waals surface area contributed by atoms with E-state index in [1.165, 1.54) is 17.5 Å². The van der Waals surface area contributed by atoms with Crippen LogP contribution in [0.5, 0.6) is 0 Å². The number of benzene rings is 1. The Labute approximate surface area is 105 Å². The number of hydrogen-bond donors (Lipinski definition) is 2. The predicted molar refractivity (Wildman–Crippen MR) is 74.7 cm³/mol. The lowest BCUT2D eigenvalue weighted by Crippen LogP contribution is -2.31. The fraction of sp³-hybridized carbons (Fsp3) is 0.600. The van der Waals surface area contributed by atoms with Crippen molar-refractivity contribution < 1.29 is 0 Å². The number of nitrogens with two attached hydrogens (primary N) is 2. The normalized spacial score (nSPS) is 14.9. The number of rotatable bonds is 6. The van der Waals surface area contributed by atoms with Crippen LogP contribution in [0.2, 0.25) is 0 Å². The Hall–Kier alpha value is -0.860. The molecule has 2 nitrogen and oxygen atoms in total. The van der Waals surface area contributed by atoms with Crippen LogP contribution in [0, 0.1) is 11.8 Å². The molecule has 1 rings (SSSR count). The van der Waals surface area contributed by atoms with E-state index in [1.54, 1.807) is 0 Å². The van der Waals surface area contributed by atoms with Crippen molar-refractivity contribution in [3.63, 3.8) is 0 Å². The Balaban J connectivity index is 2.77. The molecule has 0 aromatic heterocycles. The van der Waals surface area contributed by atoms with E-state index < -0.39 is 0 Å².